The summed E-state index contributed by atoms with van der Waals surface area (Å²) in [6.45, 7) is 7.97. The molecule has 0 amide bonds. The maximum Gasteiger partial charge on any atom is 0.123 e. The first-order chi connectivity index (χ1) is 9.19. The molecule has 0 saturated heterocycles. The molecule has 0 bridgehead atoms. The van der Waals surface area contributed by atoms with E-state index in [1.54, 1.807) is 0 Å². The van der Waals surface area contributed by atoms with Gasteiger partial charge in [-0.25, -0.2) is 0 Å². The summed E-state index contributed by atoms with van der Waals surface area (Å²) >= 11 is 0. The predicted octanol–water partition coefficient (Wildman–Crippen LogP) is 3.79. The highest BCUT2D eigenvalue weighted by molar-refractivity contribution is 5.37. The summed E-state index contributed by atoms with van der Waals surface area (Å²) in [5.41, 5.74) is 1.37. The third-order valence-electron chi connectivity index (χ3n) is 3.88. The fraction of sp³-hybridized carbons (Fsp3) is 0.647. The second kappa shape index (κ2) is 6.95. The monoisotopic (exact) mass is 261 g/mol. The van der Waals surface area contributed by atoms with E-state index in [0.717, 1.165) is 25.1 Å². The van der Waals surface area contributed by atoms with Gasteiger partial charge in [-0.3, -0.25) is 0 Å². The first kappa shape index (κ1) is 14.4. The van der Waals surface area contributed by atoms with Gasteiger partial charge in [-0.1, -0.05) is 32.0 Å². The second-order valence-corrected chi connectivity index (χ2v) is 5.98. The van der Waals surface area contributed by atoms with Crippen LogP contribution in [-0.4, -0.2) is 18.7 Å². The van der Waals surface area contributed by atoms with E-state index in [4.69, 9.17) is 4.74 Å². The molecular weight excluding hydrogens is 234 g/mol. The minimum absolute atomic E-state index is 0.380. The van der Waals surface area contributed by atoms with Gasteiger partial charge >= 0.3 is 0 Å². The lowest BCUT2D eigenvalue weighted by Crippen LogP contribution is -2.29. The smallest absolute Gasteiger partial charge is 0.123 e. The Hall–Kier alpha value is -1.02. The van der Waals surface area contributed by atoms with Gasteiger partial charge in [-0.2, -0.15) is 0 Å². The van der Waals surface area contributed by atoms with Gasteiger partial charge in [-0.15, -0.1) is 0 Å². The van der Waals surface area contributed by atoms with Crippen molar-refractivity contribution in [2.45, 2.75) is 58.6 Å². The maximum absolute atomic E-state index is 6.02. The number of fused-ring (bicyclic) bond motifs is 1. The van der Waals surface area contributed by atoms with Gasteiger partial charge < -0.3 is 10.1 Å². The van der Waals surface area contributed by atoms with E-state index in [1.807, 2.05) is 0 Å². The van der Waals surface area contributed by atoms with Crippen molar-refractivity contribution in [3.05, 3.63) is 29.8 Å². The van der Waals surface area contributed by atoms with Crippen LogP contribution < -0.4 is 10.1 Å². The van der Waals surface area contributed by atoms with Crippen molar-refractivity contribution in [2.75, 3.05) is 6.54 Å². The summed E-state index contributed by atoms with van der Waals surface area (Å²) in [7, 11) is 0. The number of rotatable bonds is 7. The number of para-hydroxylation sites is 1. The summed E-state index contributed by atoms with van der Waals surface area (Å²) in [5.74, 6) is 1.80. The van der Waals surface area contributed by atoms with Crippen LogP contribution in [0.3, 0.4) is 0 Å². The number of nitrogens with one attached hydrogen (secondary N) is 1. The Morgan fingerprint density at radius 1 is 1.32 bits per heavy atom. The Balaban J connectivity index is 1.74. The lowest BCUT2D eigenvalue weighted by Gasteiger charge is -2.21. The highest BCUT2D eigenvalue weighted by atomic mass is 16.5. The van der Waals surface area contributed by atoms with E-state index in [1.165, 1.54) is 18.4 Å². The second-order valence-electron chi connectivity index (χ2n) is 5.98. The molecule has 2 rings (SSSR count). The number of hydrogen-bond donors (Lipinski definition) is 1. The molecule has 2 heteroatoms. The Bertz CT molecular complexity index is 366. The molecule has 3 atom stereocenters. The number of benzene rings is 1. The average molecular weight is 261 g/mol. The summed E-state index contributed by atoms with van der Waals surface area (Å²) in [6.07, 6.45) is 5.06. The van der Waals surface area contributed by atoms with Crippen LogP contribution in [-0.2, 0) is 6.42 Å². The van der Waals surface area contributed by atoms with Crippen LogP contribution in [0.25, 0.3) is 0 Å². The quantitative estimate of drug-likeness (QED) is 0.806. The van der Waals surface area contributed by atoms with E-state index in [0.29, 0.717) is 18.1 Å². The molecule has 2 nitrogen and oxygen atoms in total. The summed E-state index contributed by atoms with van der Waals surface area (Å²) in [4.78, 5) is 0. The van der Waals surface area contributed by atoms with Crippen LogP contribution in [0.1, 0.15) is 45.6 Å². The van der Waals surface area contributed by atoms with Crippen molar-refractivity contribution in [2.24, 2.45) is 5.92 Å². The van der Waals surface area contributed by atoms with Crippen LogP contribution in [0.15, 0.2) is 24.3 Å². The predicted molar refractivity (Wildman–Crippen MR) is 80.7 cm³/mol. The minimum atomic E-state index is 0.380. The Morgan fingerprint density at radius 2 is 2.11 bits per heavy atom. The molecule has 0 aromatic heterocycles. The van der Waals surface area contributed by atoms with Crippen LogP contribution >= 0.6 is 0 Å². The van der Waals surface area contributed by atoms with Gasteiger partial charge in [0, 0.05) is 12.5 Å². The van der Waals surface area contributed by atoms with Crippen molar-refractivity contribution in [1.82, 2.24) is 5.32 Å². The zero-order valence-electron chi connectivity index (χ0n) is 12.5. The standard InChI is InChI=1S/C17H27NO/c1-4-9-18-14(3)10-13(2)11-16-12-15-7-5-6-8-17(15)19-16/h5-8,13-14,16,18H,4,9-12H2,1-3H3. The van der Waals surface area contributed by atoms with Gasteiger partial charge in [0.25, 0.3) is 0 Å². The molecule has 106 valence electrons. The third kappa shape index (κ3) is 4.24. The molecule has 3 unspecified atom stereocenters. The van der Waals surface area contributed by atoms with Crippen molar-refractivity contribution >= 4 is 0 Å². The number of ether oxygens (including phenoxy) is 1. The molecule has 1 aliphatic heterocycles. The van der Waals surface area contributed by atoms with Gasteiger partial charge in [0.1, 0.15) is 11.9 Å². The molecule has 1 heterocycles. The lowest BCUT2D eigenvalue weighted by molar-refractivity contribution is 0.191. The number of hydrogen-bond acceptors (Lipinski definition) is 2. The van der Waals surface area contributed by atoms with E-state index < -0.39 is 0 Å². The van der Waals surface area contributed by atoms with Crippen LogP contribution in [0.4, 0.5) is 0 Å². The Labute approximate surface area is 117 Å². The molecule has 1 aromatic carbocycles. The molecule has 0 spiro atoms. The van der Waals surface area contributed by atoms with E-state index in [-0.39, 0.29) is 0 Å². The molecule has 19 heavy (non-hydrogen) atoms. The van der Waals surface area contributed by atoms with Crippen LogP contribution in [0, 0.1) is 5.92 Å². The van der Waals surface area contributed by atoms with Gasteiger partial charge in [0.15, 0.2) is 0 Å². The fourth-order valence-electron chi connectivity index (χ4n) is 3.01. The van der Waals surface area contributed by atoms with Gasteiger partial charge in [0.05, 0.1) is 0 Å². The molecule has 0 saturated carbocycles. The zero-order chi connectivity index (χ0) is 13.7. The highest BCUT2D eigenvalue weighted by Crippen LogP contribution is 2.31. The SMILES string of the molecule is CCCNC(C)CC(C)CC1Cc2ccccc2O1. The van der Waals surface area contributed by atoms with Gasteiger partial charge in [0.2, 0.25) is 0 Å². The van der Waals surface area contributed by atoms with Gasteiger partial charge in [-0.05, 0) is 50.3 Å². The van der Waals surface area contributed by atoms with E-state index in [2.05, 4.69) is 50.4 Å². The van der Waals surface area contributed by atoms with Crippen LogP contribution in [0.5, 0.6) is 5.75 Å². The van der Waals surface area contributed by atoms with Crippen molar-refractivity contribution in [1.29, 1.82) is 0 Å². The first-order valence-corrected chi connectivity index (χ1v) is 7.67. The topological polar surface area (TPSA) is 21.3 Å². The zero-order valence-corrected chi connectivity index (χ0v) is 12.5. The highest BCUT2D eigenvalue weighted by Gasteiger charge is 2.24. The molecular formula is C17H27NO. The molecule has 0 aliphatic carbocycles. The summed E-state index contributed by atoms with van der Waals surface area (Å²) < 4.78 is 6.02. The molecule has 1 aliphatic rings. The Morgan fingerprint density at radius 3 is 2.84 bits per heavy atom. The summed E-state index contributed by atoms with van der Waals surface area (Å²) in [5, 5.41) is 3.56. The third-order valence-corrected chi connectivity index (χ3v) is 3.88. The van der Waals surface area contributed by atoms with Crippen molar-refractivity contribution < 1.29 is 4.74 Å². The largest absolute Gasteiger partial charge is 0.490 e. The molecule has 0 radical (unpaired) electrons. The molecule has 1 aromatic rings. The van der Waals surface area contributed by atoms with E-state index >= 15 is 0 Å². The average Bonchev–Trinajstić information content (AvgIpc) is 2.78. The molecule has 0 fully saturated rings. The normalized spacial score (nSPS) is 20.7. The minimum Gasteiger partial charge on any atom is -0.490 e. The fourth-order valence-corrected chi connectivity index (χ4v) is 3.01. The van der Waals surface area contributed by atoms with Crippen molar-refractivity contribution in [3.63, 3.8) is 0 Å². The molecule has 1 N–H and O–H groups in total. The van der Waals surface area contributed by atoms with E-state index in [9.17, 15) is 0 Å². The van der Waals surface area contributed by atoms with Crippen LogP contribution in [0.2, 0.25) is 0 Å². The maximum atomic E-state index is 6.02. The Kier molecular flexibility index (Phi) is 5.26. The first-order valence-electron chi connectivity index (χ1n) is 7.67. The van der Waals surface area contributed by atoms with Crippen molar-refractivity contribution in [3.8, 4) is 5.75 Å². The lowest BCUT2D eigenvalue weighted by atomic mass is 9.94. The summed E-state index contributed by atoms with van der Waals surface area (Å²) in [6, 6.07) is 9.04.